The summed E-state index contributed by atoms with van der Waals surface area (Å²) in [6.07, 6.45) is 14.0. The number of hydrogen-bond donors (Lipinski definition) is 2. The zero-order valence-electron chi connectivity index (χ0n) is 18.8. The van der Waals surface area contributed by atoms with Crippen LogP contribution < -0.4 is 10.6 Å². The van der Waals surface area contributed by atoms with E-state index in [1.807, 2.05) is 30.5 Å². The first-order valence-electron chi connectivity index (χ1n) is 11.8. The monoisotopic (exact) mass is 429 g/mol. The van der Waals surface area contributed by atoms with Crippen LogP contribution in [0, 0.1) is 5.92 Å². The maximum absolute atomic E-state index is 12.3. The van der Waals surface area contributed by atoms with E-state index >= 15 is 0 Å². The van der Waals surface area contributed by atoms with Crippen molar-refractivity contribution in [3.8, 4) is 11.3 Å². The second-order valence-corrected chi connectivity index (χ2v) is 9.43. The molecule has 0 bridgehead atoms. The van der Waals surface area contributed by atoms with Gasteiger partial charge in [-0.05, 0) is 50.2 Å². The maximum Gasteiger partial charge on any atom is 0.251 e. The van der Waals surface area contributed by atoms with Crippen molar-refractivity contribution in [1.29, 1.82) is 0 Å². The van der Waals surface area contributed by atoms with Gasteiger partial charge in [0, 0.05) is 35.8 Å². The van der Waals surface area contributed by atoms with E-state index in [-0.39, 0.29) is 5.91 Å². The van der Waals surface area contributed by atoms with Gasteiger partial charge in [-0.25, -0.2) is 9.97 Å². The van der Waals surface area contributed by atoms with Gasteiger partial charge >= 0.3 is 0 Å². The fraction of sp³-hybridized carbons (Fsp3) is 0.423. The van der Waals surface area contributed by atoms with Crippen molar-refractivity contribution < 1.29 is 4.79 Å². The Morgan fingerprint density at radius 2 is 1.97 bits per heavy atom. The van der Waals surface area contributed by atoms with Crippen LogP contribution in [-0.4, -0.2) is 32.9 Å². The van der Waals surface area contributed by atoms with Crippen molar-refractivity contribution in [2.45, 2.75) is 57.9 Å². The highest BCUT2D eigenvalue weighted by Gasteiger charge is 2.24. The van der Waals surface area contributed by atoms with Crippen molar-refractivity contribution in [1.82, 2.24) is 19.7 Å². The van der Waals surface area contributed by atoms with Crippen LogP contribution in [0.4, 0.5) is 5.82 Å². The molecule has 1 atom stereocenters. The van der Waals surface area contributed by atoms with Gasteiger partial charge in [0.25, 0.3) is 5.91 Å². The second kappa shape index (κ2) is 8.77. The number of anilines is 1. The number of allylic oxidation sites excluding steroid dienone is 2. The number of rotatable bonds is 7. The number of fused-ring (bicyclic) bond motifs is 1. The van der Waals surface area contributed by atoms with Crippen LogP contribution in [0.1, 0.15) is 67.9 Å². The van der Waals surface area contributed by atoms with E-state index in [1.54, 1.807) is 0 Å². The van der Waals surface area contributed by atoms with Crippen LogP contribution in [0.5, 0.6) is 0 Å². The third kappa shape index (κ3) is 4.40. The van der Waals surface area contributed by atoms with Crippen molar-refractivity contribution >= 4 is 17.4 Å². The molecule has 0 radical (unpaired) electrons. The summed E-state index contributed by atoms with van der Waals surface area (Å²) < 4.78 is 2.16. The average Bonchev–Trinajstić information content (AvgIpc) is 3.53. The topological polar surface area (TPSA) is 71.3 Å². The summed E-state index contributed by atoms with van der Waals surface area (Å²) in [6.45, 7) is 5.24. The van der Waals surface area contributed by atoms with Gasteiger partial charge in [-0.3, -0.25) is 9.20 Å². The molecule has 1 fully saturated rings. The Kier molecular flexibility index (Phi) is 5.68. The first kappa shape index (κ1) is 20.7. The first-order chi connectivity index (χ1) is 15.6. The lowest BCUT2D eigenvalue weighted by Crippen LogP contribution is -2.25. The Balaban J connectivity index is 1.50. The number of carbonyl (C=O) groups is 1. The molecule has 0 spiro atoms. The van der Waals surface area contributed by atoms with Gasteiger partial charge in [0.15, 0.2) is 11.5 Å². The normalized spacial score (nSPS) is 18.3. The number of carbonyl (C=O) groups excluding carboxylic acids is 1. The molecule has 1 aromatic carbocycles. The van der Waals surface area contributed by atoms with E-state index in [0.717, 1.165) is 67.1 Å². The van der Waals surface area contributed by atoms with Gasteiger partial charge in [-0.15, -0.1) is 0 Å². The molecule has 6 heteroatoms. The molecule has 2 aromatic heterocycles. The number of benzene rings is 1. The van der Waals surface area contributed by atoms with Crippen LogP contribution in [-0.2, 0) is 0 Å². The lowest BCUT2D eigenvalue weighted by molar-refractivity contribution is 0.0951. The molecule has 3 aromatic rings. The smallest absolute Gasteiger partial charge is 0.251 e. The summed E-state index contributed by atoms with van der Waals surface area (Å²) in [5, 5.41) is 6.56. The molecule has 2 aliphatic carbocycles. The average molecular weight is 430 g/mol. The van der Waals surface area contributed by atoms with Crippen molar-refractivity contribution in [2.75, 3.05) is 11.9 Å². The number of amides is 1. The Hall–Kier alpha value is -3.15. The van der Waals surface area contributed by atoms with Crippen LogP contribution in [0.15, 0.2) is 48.8 Å². The van der Waals surface area contributed by atoms with Crippen LogP contribution in [0.3, 0.4) is 0 Å². The highest BCUT2D eigenvalue weighted by Crippen LogP contribution is 2.32. The standard InChI is InChI=1S/C26H31N5O/c1-17(2)14-27-24-25-28-15-23(31(25)16-22(30-24)18-6-4-3-5-7-18)19-8-10-20(11-9-19)26(32)29-21-12-13-21/h3-4,8-11,15-18,21H,5-7,12-14H2,1-2H3,(H,27,30)(H,29,32). The third-order valence-corrected chi connectivity index (χ3v) is 6.23. The third-order valence-electron chi connectivity index (χ3n) is 6.23. The summed E-state index contributed by atoms with van der Waals surface area (Å²) in [5.41, 5.74) is 4.69. The molecule has 2 heterocycles. The Morgan fingerprint density at radius 1 is 1.16 bits per heavy atom. The highest BCUT2D eigenvalue weighted by molar-refractivity contribution is 5.95. The molecule has 2 N–H and O–H groups in total. The number of aromatic nitrogens is 3. The molecular formula is C26H31N5O. The predicted molar refractivity (Wildman–Crippen MR) is 128 cm³/mol. The van der Waals surface area contributed by atoms with E-state index in [0.29, 0.717) is 23.4 Å². The lowest BCUT2D eigenvalue weighted by atomic mass is 9.92. The van der Waals surface area contributed by atoms with E-state index in [2.05, 4.69) is 47.2 Å². The van der Waals surface area contributed by atoms with Crippen molar-refractivity contribution in [3.05, 3.63) is 60.1 Å². The molecule has 0 aliphatic heterocycles. The Bertz CT molecular complexity index is 1140. The fourth-order valence-electron chi connectivity index (χ4n) is 4.19. The van der Waals surface area contributed by atoms with Gasteiger partial charge in [-0.1, -0.05) is 38.1 Å². The molecular weight excluding hydrogens is 398 g/mol. The van der Waals surface area contributed by atoms with Crippen molar-refractivity contribution in [3.63, 3.8) is 0 Å². The number of nitrogens with zero attached hydrogens (tertiary/aromatic N) is 3. The molecule has 32 heavy (non-hydrogen) atoms. The fourth-order valence-corrected chi connectivity index (χ4v) is 4.19. The SMILES string of the molecule is CC(C)CNc1nc(C2CC=CCC2)cn2c(-c3ccc(C(=O)NC4CC4)cc3)cnc12. The Morgan fingerprint density at radius 3 is 2.66 bits per heavy atom. The van der Waals surface area contributed by atoms with Crippen molar-refractivity contribution in [2.24, 2.45) is 5.92 Å². The molecule has 1 saturated carbocycles. The summed E-state index contributed by atoms with van der Waals surface area (Å²) in [4.78, 5) is 22.0. The van der Waals surface area contributed by atoms with Crippen LogP contribution in [0.2, 0.25) is 0 Å². The minimum Gasteiger partial charge on any atom is -0.367 e. The van der Waals surface area contributed by atoms with Gasteiger partial charge in [0.05, 0.1) is 17.6 Å². The molecule has 1 amide bonds. The summed E-state index contributed by atoms with van der Waals surface area (Å²) >= 11 is 0. The summed E-state index contributed by atoms with van der Waals surface area (Å²) in [6, 6.07) is 8.18. The van der Waals surface area contributed by atoms with Gasteiger partial charge in [0.2, 0.25) is 0 Å². The molecule has 166 valence electrons. The Labute approximate surface area is 189 Å². The van der Waals surface area contributed by atoms with Crippen LogP contribution >= 0.6 is 0 Å². The predicted octanol–water partition coefficient (Wildman–Crippen LogP) is 5.18. The van der Waals surface area contributed by atoms with E-state index in [9.17, 15) is 4.79 Å². The molecule has 1 unspecified atom stereocenters. The van der Waals surface area contributed by atoms with E-state index < -0.39 is 0 Å². The van der Waals surface area contributed by atoms with Crippen LogP contribution in [0.25, 0.3) is 16.9 Å². The maximum atomic E-state index is 12.3. The second-order valence-electron chi connectivity index (χ2n) is 9.43. The number of hydrogen-bond acceptors (Lipinski definition) is 4. The minimum absolute atomic E-state index is 0.00852. The molecule has 5 rings (SSSR count). The highest BCUT2D eigenvalue weighted by atomic mass is 16.1. The molecule has 6 nitrogen and oxygen atoms in total. The van der Waals surface area contributed by atoms with Gasteiger partial charge < -0.3 is 10.6 Å². The largest absolute Gasteiger partial charge is 0.367 e. The number of nitrogens with one attached hydrogen (secondary N) is 2. The zero-order chi connectivity index (χ0) is 22.1. The van der Waals surface area contributed by atoms with Gasteiger partial charge in [-0.2, -0.15) is 0 Å². The van der Waals surface area contributed by atoms with E-state index in [1.165, 1.54) is 0 Å². The van der Waals surface area contributed by atoms with Gasteiger partial charge in [0.1, 0.15) is 0 Å². The summed E-state index contributed by atoms with van der Waals surface area (Å²) in [7, 11) is 0. The molecule has 2 aliphatic rings. The lowest BCUT2D eigenvalue weighted by Gasteiger charge is -2.19. The summed E-state index contributed by atoms with van der Waals surface area (Å²) in [5.74, 6) is 1.79. The molecule has 0 saturated heterocycles. The minimum atomic E-state index is 0.00852. The van der Waals surface area contributed by atoms with E-state index in [4.69, 9.17) is 9.97 Å². The first-order valence-corrected chi connectivity index (χ1v) is 11.8. The quantitative estimate of drug-likeness (QED) is 0.508. The zero-order valence-corrected chi connectivity index (χ0v) is 18.8. The number of imidazole rings is 1.